The normalized spacial score (nSPS) is 16.7. The highest BCUT2D eigenvalue weighted by atomic mass is 16.4. The number of carboxylic acids is 1. The van der Waals surface area contributed by atoms with Crippen LogP contribution in [0.4, 0.5) is 0 Å². The first-order chi connectivity index (χ1) is 5.27. The summed E-state index contributed by atoms with van der Waals surface area (Å²) >= 11 is 0. The Hall–Kier alpha value is -1.32. The first-order valence-electron chi connectivity index (χ1n) is 3.54. The lowest BCUT2D eigenvalue weighted by atomic mass is 10.3. The molecule has 0 saturated heterocycles. The second-order valence-corrected chi connectivity index (χ2v) is 2.77. The van der Waals surface area contributed by atoms with E-state index in [0.717, 1.165) is 18.5 Å². The second-order valence-electron chi connectivity index (χ2n) is 2.77. The fourth-order valence-electron chi connectivity index (χ4n) is 1.04. The molecule has 0 bridgehead atoms. The van der Waals surface area contributed by atoms with E-state index in [2.05, 4.69) is 10.2 Å². The molecular weight excluding hydrogens is 144 g/mol. The van der Waals surface area contributed by atoms with Crippen molar-refractivity contribution in [3.05, 3.63) is 17.5 Å². The van der Waals surface area contributed by atoms with Crippen LogP contribution in [0.25, 0.3) is 0 Å². The van der Waals surface area contributed by atoms with Gasteiger partial charge in [0, 0.05) is 11.6 Å². The Morgan fingerprint density at radius 3 is 2.91 bits per heavy atom. The van der Waals surface area contributed by atoms with Gasteiger partial charge in [0.05, 0.1) is 5.97 Å². The molecule has 4 heteroatoms. The van der Waals surface area contributed by atoms with E-state index >= 15 is 0 Å². The summed E-state index contributed by atoms with van der Waals surface area (Å²) in [6.45, 7) is 0. The molecule has 0 amide bonds. The van der Waals surface area contributed by atoms with Gasteiger partial charge in [-0.05, 0) is 18.9 Å². The molecule has 0 radical (unpaired) electrons. The van der Waals surface area contributed by atoms with Crippen molar-refractivity contribution in [3.8, 4) is 0 Å². The summed E-state index contributed by atoms with van der Waals surface area (Å²) < 4.78 is 0. The Morgan fingerprint density at radius 1 is 1.73 bits per heavy atom. The van der Waals surface area contributed by atoms with Crippen molar-refractivity contribution in [1.82, 2.24) is 10.2 Å². The van der Waals surface area contributed by atoms with E-state index in [1.54, 1.807) is 6.07 Å². The smallest absolute Gasteiger partial charge is 0.108 e. The van der Waals surface area contributed by atoms with Gasteiger partial charge in [-0.25, -0.2) is 0 Å². The van der Waals surface area contributed by atoms with Crippen molar-refractivity contribution < 1.29 is 9.90 Å². The van der Waals surface area contributed by atoms with Crippen molar-refractivity contribution in [1.29, 1.82) is 0 Å². The Kier molecular flexibility index (Phi) is 1.21. The Bertz CT molecular complexity index is 288. The number of hydrogen-bond acceptors (Lipinski definition) is 3. The molecule has 11 heavy (non-hydrogen) atoms. The lowest BCUT2D eigenvalue weighted by Gasteiger charge is -1.90. The molecule has 1 heterocycles. The third kappa shape index (κ3) is 1.11. The van der Waals surface area contributed by atoms with Gasteiger partial charge in [-0.15, -0.1) is 0 Å². The van der Waals surface area contributed by atoms with E-state index < -0.39 is 5.97 Å². The molecular formula is C7H7N2O2-. The molecule has 1 aliphatic rings. The van der Waals surface area contributed by atoms with Crippen LogP contribution in [0.5, 0.6) is 0 Å². The summed E-state index contributed by atoms with van der Waals surface area (Å²) in [4.78, 5) is 10.3. The van der Waals surface area contributed by atoms with Crippen LogP contribution in [0.1, 0.15) is 34.9 Å². The van der Waals surface area contributed by atoms with Crippen molar-refractivity contribution >= 4 is 5.97 Å². The van der Waals surface area contributed by atoms with Gasteiger partial charge in [0.15, 0.2) is 0 Å². The van der Waals surface area contributed by atoms with Crippen LogP contribution in [-0.4, -0.2) is 16.2 Å². The lowest BCUT2D eigenvalue weighted by molar-refractivity contribution is -0.255. The molecule has 0 aliphatic heterocycles. The second kappa shape index (κ2) is 2.08. The van der Waals surface area contributed by atoms with Gasteiger partial charge in [0.1, 0.15) is 5.69 Å². The fourth-order valence-corrected chi connectivity index (χ4v) is 1.04. The molecule has 4 nitrogen and oxygen atoms in total. The summed E-state index contributed by atoms with van der Waals surface area (Å²) in [6, 6.07) is 1.55. The summed E-state index contributed by atoms with van der Waals surface area (Å²) in [6.07, 6.45) is 2.27. The lowest BCUT2D eigenvalue weighted by Crippen LogP contribution is -2.22. The number of rotatable bonds is 2. The number of carbonyl (C=O) groups excluding carboxylic acids is 1. The third-order valence-corrected chi connectivity index (χ3v) is 1.82. The maximum absolute atomic E-state index is 10.3. The number of nitrogens with one attached hydrogen (secondary N) is 1. The van der Waals surface area contributed by atoms with E-state index in [4.69, 9.17) is 0 Å². The van der Waals surface area contributed by atoms with Crippen molar-refractivity contribution in [2.75, 3.05) is 0 Å². The maximum Gasteiger partial charge on any atom is 0.108 e. The minimum Gasteiger partial charge on any atom is -0.543 e. The number of aromatic nitrogens is 2. The number of aromatic carboxylic acids is 1. The summed E-state index contributed by atoms with van der Waals surface area (Å²) in [7, 11) is 0. The van der Waals surface area contributed by atoms with E-state index in [1.807, 2.05) is 0 Å². The van der Waals surface area contributed by atoms with Gasteiger partial charge in [-0.3, -0.25) is 5.10 Å². The first kappa shape index (κ1) is 6.39. The number of aromatic amines is 1. The molecule has 0 atom stereocenters. The zero-order valence-corrected chi connectivity index (χ0v) is 5.83. The van der Waals surface area contributed by atoms with Crippen molar-refractivity contribution in [2.24, 2.45) is 0 Å². The Labute approximate surface area is 63.2 Å². The molecule has 1 aromatic heterocycles. The van der Waals surface area contributed by atoms with Crippen LogP contribution in [-0.2, 0) is 0 Å². The van der Waals surface area contributed by atoms with E-state index in [9.17, 15) is 9.90 Å². The molecule has 0 spiro atoms. The van der Waals surface area contributed by atoms with Gasteiger partial charge in [0.25, 0.3) is 0 Å². The molecule has 1 fully saturated rings. The number of hydrogen-bond donors (Lipinski definition) is 1. The average molecular weight is 151 g/mol. The number of H-pyrrole nitrogens is 1. The van der Waals surface area contributed by atoms with Crippen LogP contribution in [0.15, 0.2) is 6.07 Å². The van der Waals surface area contributed by atoms with Gasteiger partial charge in [0.2, 0.25) is 0 Å². The van der Waals surface area contributed by atoms with Gasteiger partial charge < -0.3 is 9.90 Å². The molecule has 1 aromatic rings. The van der Waals surface area contributed by atoms with Crippen LogP contribution in [0, 0.1) is 0 Å². The summed E-state index contributed by atoms with van der Waals surface area (Å²) in [5, 5.41) is 16.5. The topological polar surface area (TPSA) is 68.8 Å². The van der Waals surface area contributed by atoms with Gasteiger partial charge in [-0.2, -0.15) is 5.10 Å². The van der Waals surface area contributed by atoms with Crippen molar-refractivity contribution in [2.45, 2.75) is 18.8 Å². The van der Waals surface area contributed by atoms with Crippen LogP contribution in [0.2, 0.25) is 0 Å². The van der Waals surface area contributed by atoms with Crippen LogP contribution < -0.4 is 5.11 Å². The number of carboxylic acid groups (broad SMARTS) is 1. The van der Waals surface area contributed by atoms with Crippen LogP contribution >= 0.6 is 0 Å². The fraction of sp³-hybridized carbons (Fsp3) is 0.429. The molecule has 58 valence electrons. The van der Waals surface area contributed by atoms with Crippen molar-refractivity contribution in [3.63, 3.8) is 0 Å². The largest absolute Gasteiger partial charge is 0.543 e. The average Bonchev–Trinajstić information content (AvgIpc) is 2.68. The van der Waals surface area contributed by atoms with Gasteiger partial charge >= 0.3 is 0 Å². The molecule has 0 unspecified atom stereocenters. The number of carbonyl (C=O) groups is 1. The molecule has 2 rings (SSSR count). The predicted octanol–water partition coefficient (Wildman–Crippen LogP) is -0.349. The summed E-state index contributed by atoms with van der Waals surface area (Å²) in [5.74, 6) is -0.705. The Balaban J connectivity index is 2.25. The minimum atomic E-state index is -1.21. The third-order valence-electron chi connectivity index (χ3n) is 1.82. The molecule has 1 saturated carbocycles. The highest BCUT2D eigenvalue weighted by Gasteiger charge is 2.25. The number of nitrogens with zero attached hydrogens (tertiary/aromatic N) is 1. The quantitative estimate of drug-likeness (QED) is 0.628. The minimum absolute atomic E-state index is 0.00639. The van der Waals surface area contributed by atoms with E-state index in [0.29, 0.717) is 5.92 Å². The molecule has 0 aromatic carbocycles. The highest BCUT2D eigenvalue weighted by molar-refractivity contribution is 5.83. The van der Waals surface area contributed by atoms with E-state index in [1.165, 1.54) is 0 Å². The molecule has 1 N–H and O–H groups in total. The SMILES string of the molecule is O=C([O-])c1cc(C2CC2)[nH]n1. The predicted molar refractivity (Wildman–Crippen MR) is 34.9 cm³/mol. The van der Waals surface area contributed by atoms with Gasteiger partial charge in [-0.1, -0.05) is 0 Å². The monoisotopic (exact) mass is 151 g/mol. The maximum atomic E-state index is 10.3. The zero-order chi connectivity index (χ0) is 7.84. The van der Waals surface area contributed by atoms with Crippen LogP contribution in [0.3, 0.4) is 0 Å². The zero-order valence-electron chi connectivity index (χ0n) is 5.83. The Morgan fingerprint density at radius 2 is 2.45 bits per heavy atom. The standard InChI is InChI=1S/C7H8N2O2/c10-7(11)6-3-5(8-9-6)4-1-2-4/h3-4H,1-2H2,(H,8,9)(H,10,11)/p-1. The van der Waals surface area contributed by atoms with E-state index in [-0.39, 0.29) is 5.69 Å². The highest BCUT2D eigenvalue weighted by Crippen LogP contribution is 2.38. The first-order valence-corrected chi connectivity index (χ1v) is 3.54. The molecule has 1 aliphatic carbocycles. The summed E-state index contributed by atoms with van der Waals surface area (Å²) in [5.41, 5.74) is 0.927.